The molecule has 0 amide bonds. The number of methoxy groups -OCH3 is 1. The van der Waals surface area contributed by atoms with Crippen LogP contribution < -0.4 is 0 Å². The average molecular weight is 252 g/mol. The summed E-state index contributed by atoms with van der Waals surface area (Å²) >= 11 is 0. The first-order chi connectivity index (χ1) is 7.16. The summed E-state index contributed by atoms with van der Waals surface area (Å²) in [4.78, 5) is 17.7. The van der Waals surface area contributed by atoms with E-state index in [4.69, 9.17) is 19.3 Å². The molecule has 0 rings (SSSR count). The topological polar surface area (TPSA) is 76.0 Å². The third-order valence-electron chi connectivity index (χ3n) is 1.76. The number of hydrogen-bond acceptors (Lipinski definition) is 3. The molecule has 0 aliphatic carbocycles. The Balaban J connectivity index is 4.09. The molecule has 0 aromatic heterocycles. The van der Waals surface area contributed by atoms with Crippen LogP contribution in [0.5, 0.6) is 0 Å². The minimum atomic E-state index is -3.99. The standard InChI is InChI=1S/C10H21O5P/c1-9(5-14-4)6-15-7-10(2,3)8-16(11,12)13/h6H,5,7-8H2,1-4H3,(H2,11,12,13)/b9-6+. The maximum Gasteiger partial charge on any atom is 0.326 e. The lowest BCUT2D eigenvalue weighted by atomic mass is 9.98. The SMILES string of the molecule is COC/C(C)=C/OCC(C)(C)CP(=O)(O)O. The van der Waals surface area contributed by atoms with Gasteiger partial charge in [0, 0.05) is 12.5 Å². The quantitative estimate of drug-likeness (QED) is 0.533. The summed E-state index contributed by atoms with van der Waals surface area (Å²) in [5.41, 5.74) is 0.373. The molecule has 0 unspecified atom stereocenters. The summed E-state index contributed by atoms with van der Waals surface area (Å²) < 4.78 is 21.0. The van der Waals surface area contributed by atoms with Crippen LogP contribution in [0.3, 0.4) is 0 Å². The van der Waals surface area contributed by atoms with Crippen molar-refractivity contribution in [1.82, 2.24) is 0 Å². The van der Waals surface area contributed by atoms with Crippen molar-refractivity contribution >= 4 is 7.60 Å². The average Bonchev–Trinajstić information content (AvgIpc) is 1.98. The molecule has 0 atom stereocenters. The smallest absolute Gasteiger partial charge is 0.326 e. The van der Waals surface area contributed by atoms with E-state index >= 15 is 0 Å². The Morgan fingerprint density at radius 1 is 1.44 bits per heavy atom. The lowest BCUT2D eigenvalue weighted by Gasteiger charge is -2.24. The van der Waals surface area contributed by atoms with Gasteiger partial charge in [-0.25, -0.2) is 0 Å². The third kappa shape index (κ3) is 8.92. The van der Waals surface area contributed by atoms with Gasteiger partial charge in [-0.3, -0.25) is 4.57 Å². The molecule has 2 N–H and O–H groups in total. The van der Waals surface area contributed by atoms with Gasteiger partial charge in [0.05, 0.1) is 25.6 Å². The van der Waals surface area contributed by atoms with E-state index in [9.17, 15) is 4.57 Å². The fourth-order valence-electron chi connectivity index (χ4n) is 1.27. The molecule has 0 heterocycles. The summed E-state index contributed by atoms with van der Waals surface area (Å²) in [6.45, 7) is 6.12. The van der Waals surface area contributed by atoms with Crippen LogP contribution in [0.4, 0.5) is 0 Å². The van der Waals surface area contributed by atoms with Crippen molar-refractivity contribution in [1.29, 1.82) is 0 Å². The van der Waals surface area contributed by atoms with Crippen LogP contribution in [-0.4, -0.2) is 36.3 Å². The van der Waals surface area contributed by atoms with Crippen LogP contribution >= 0.6 is 7.60 Å². The molecule has 0 aliphatic rings. The number of rotatable bonds is 7. The second-order valence-corrected chi connectivity index (χ2v) is 6.34. The highest BCUT2D eigenvalue weighted by Crippen LogP contribution is 2.41. The summed E-state index contributed by atoms with van der Waals surface area (Å²) in [6.07, 6.45) is 1.38. The van der Waals surface area contributed by atoms with Crippen LogP contribution in [0.15, 0.2) is 11.8 Å². The number of ether oxygens (including phenoxy) is 2. The van der Waals surface area contributed by atoms with E-state index in [2.05, 4.69) is 0 Å². The summed E-state index contributed by atoms with van der Waals surface area (Å²) in [6, 6.07) is 0. The van der Waals surface area contributed by atoms with Crippen molar-refractivity contribution in [2.75, 3.05) is 26.5 Å². The zero-order chi connectivity index (χ0) is 12.8. The minimum Gasteiger partial charge on any atom is -0.501 e. The second kappa shape index (κ2) is 6.40. The summed E-state index contributed by atoms with van der Waals surface area (Å²) in [7, 11) is -2.40. The normalized spacial score (nSPS) is 14.0. The van der Waals surface area contributed by atoms with Gasteiger partial charge < -0.3 is 19.3 Å². The van der Waals surface area contributed by atoms with Crippen LogP contribution in [0.25, 0.3) is 0 Å². The molecular weight excluding hydrogens is 231 g/mol. The minimum absolute atomic E-state index is 0.183. The molecule has 96 valence electrons. The molecule has 0 saturated carbocycles. The van der Waals surface area contributed by atoms with E-state index in [0.717, 1.165) is 5.57 Å². The maximum absolute atomic E-state index is 10.8. The maximum atomic E-state index is 10.8. The molecule has 16 heavy (non-hydrogen) atoms. The lowest BCUT2D eigenvalue weighted by Crippen LogP contribution is -2.23. The van der Waals surface area contributed by atoms with Gasteiger partial charge in [-0.15, -0.1) is 0 Å². The van der Waals surface area contributed by atoms with Gasteiger partial charge in [0.1, 0.15) is 0 Å². The monoisotopic (exact) mass is 252 g/mol. The molecule has 0 aliphatic heterocycles. The van der Waals surface area contributed by atoms with Crippen molar-refractivity contribution in [2.24, 2.45) is 5.41 Å². The van der Waals surface area contributed by atoms with Gasteiger partial charge in [-0.05, 0) is 12.5 Å². The third-order valence-corrected chi connectivity index (χ3v) is 3.03. The zero-order valence-corrected chi connectivity index (χ0v) is 11.2. The lowest BCUT2D eigenvalue weighted by molar-refractivity contribution is 0.142. The molecule has 0 radical (unpaired) electrons. The van der Waals surface area contributed by atoms with Crippen LogP contribution in [0.2, 0.25) is 0 Å². The Bertz CT molecular complexity index is 279. The Hall–Kier alpha value is -0.350. The van der Waals surface area contributed by atoms with Gasteiger partial charge in [0.15, 0.2) is 0 Å². The van der Waals surface area contributed by atoms with Gasteiger partial charge in [-0.2, -0.15) is 0 Å². The highest BCUT2D eigenvalue weighted by molar-refractivity contribution is 7.51. The molecule has 0 bridgehead atoms. The van der Waals surface area contributed by atoms with E-state index in [-0.39, 0.29) is 12.8 Å². The Morgan fingerprint density at radius 2 is 2.00 bits per heavy atom. The fraction of sp³-hybridized carbons (Fsp3) is 0.800. The zero-order valence-electron chi connectivity index (χ0n) is 10.3. The predicted octanol–water partition coefficient (Wildman–Crippen LogP) is 1.76. The molecule has 5 nitrogen and oxygen atoms in total. The highest BCUT2D eigenvalue weighted by Gasteiger charge is 2.28. The van der Waals surface area contributed by atoms with E-state index in [1.807, 2.05) is 6.92 Å². The second-order valence-electron chi connectivity index (χ2n) is 4.70. The molecule has 0 spiro atoms. The Kier molecular flexibility index (Phi) is 6.26. The van der Waals surface area contributed by atoms with E-state index in [0.29, 0.717) is 6.61 Å². The fourth-order valence-corrected chi connectivity index (χ4v) is 2.48. The molecular formula is C10H21O5P. The van der Waals surface area contributed by atoms with Gasteiger partial charge in [0.2, 0.25) is 0 Å². The van der Waals surface area contributed by atoms with Crippen LogP contribution in [0.1, 0.15) is 20.8 Å². The van der Waals surface area contributed by atoms with Crippen molar-refractivity contribution in [3.05, 3.63) is 11.8 Å². The van der Waals surface area contributed by atoms with Crippen molar-refractivity contribution in [3.8, 4) is 0 Å². The molecule has 0 aromatic rings. The predicted molar refractivity (Wildman–Crippen MR) is 62.3 cm³/mol. The summed E-state index contributed by atoms with van der Waals surface area (Å²) in [5.74, 6) is 0. The first-order valence-corrected chi connectivity index (χ1v) is 6.77. The largest absolute Gasteiger partial charge is 0.501 e. The van der Waals surface area contributed by atoms with E-state index < -0.39 is 13.0 Å². The van der Waals surface area contributed by atoms with Crippen molar-refractivity contribution in [2.45, 2.75) is 20.8 Å². The van der Waals surface area contributed by atoms with Crippen molar-refractivity contribution < 1.29 is 23.8 Å². The molecule has 0 fully saturated rings. The summed E-state index contributed by atoms with van der Waals surface area (Å²) in [5, 5.41) is 0. The first-order valence-electron chi connectivity index (χ1n) is 4.97. The van der Waals surface area contributed by atoms with Gasteiger partial charge in [0.25, 0.3) is 0 Å². The van der Waals surface area contributed by atoms with E-state index in [1.54, 1.807) is 27.2 Å². The van der Waals surface area contributed by atoms with E-state index in [1.165, 1.54) is 0 Å². The highest BCUT2D eigenvalue weighted by atomic mass is 31.2. The molecule has 0 saturated heterocycles. The van der Waals surface area contributed by atoms with Crippen molar-refractivity contribution in [3.63, 3.8) is 0 Å². The van der Waals surface area contributed by atoms with Crippen LogP contribution in [-0.2, 0) is 14.0 Å². The Labute approximate surface area is 96.6 Å². The van der Waals surface area contributed by atoms with Gasteiger partial charge in [-0.1, -0.05) is 13.8 Å². The molecule has 6 heteroatoms. The molecule has 0 aromatic carbocycles. The first kappa shape index (κ1) is 15.7. The van der Waals surface area contributed by atoms with Crippen LogP contribution in [0, 0.1) is 5.41 Å². The Morgan fingerprint density at radius 3 is 2.44 bits per heavy atom. The number of hydrogen-bond donors (Lipinski definition) is 2. The van der Waals surface area contributed by atoms with Gasteiger partial charge >= 0.3 is 7.60 Å².